The molecule has 1 aliphatic carbocycles. The summed E-state index contributed by atoms with van der Waals surface area (Å²) in [4.78, 5) is 28.7. The third-order valence-corrected chi connectivity index (χ3v) is 5.56. The number of nitrogens with zero attached hydrogens (tertiary/aromatic N) is 2. The SMILES string of the molecule is CNc1cc2c(cn1)-c1c(F)cc3c(=O)c(C(=O)O)cn(C4CC4)c3c1COC2. The van der Waals surface area contributed by atoms with Crippen molar-refractivity contribution in [2.45, 2.75) is 32.1 Å². The minimum atomic E-state index is -1.31. The van der Waals surface area contributed by atoms with Crippen molar-refractivity contribution >= 4 is 22.7 Å². The minimum absolute atomic E-state index is 0.0694. The molecule has 2 aromatic heterocycles. The maximum Gasteiger partial charge on any atom is 0.341 e. The van der Waals surface area contributed by atoms with Crippen LogP contribution in [0.2, 0.25) is 0 Å². The average Bonchev–Trinajstić information content (AvgIpc) is 3.54. The summed E-state index contributed by atoms with van der Waals surface area (Å²) in [6.45, 7) is 0.398. The molecule has 0 unspecified atom stereocenters. The Balaban J connectivity index is 1.89. The van der Waals surface area contributed by atoms with Crippen LogP contribution in [0.1, 0.15) is 40.4 Å². The van der Waals surface area contributed by atoms with Crippen molar-refractivity contribution in [3.05, 3.63) is 57.3 Å². The molecule has 5 rings (SSSR count). The largest absolute Gasteiger partial charge is 0.477 e. The number of pyridine rings is 2. The highest BCUT2D eigenvalue weighted by molar-refractivity contribution is 5.96. The zero-order chi connectivity index (χ0) is 20.3. The van der Waals surface area contributed by atoms with E-state index in [1.807, 2.05) is 10.6 Å². The molecule has 8 heteroatoms. The van der Waals surface area contributed by atoms with Crippen LogP contribution in [0.5, 0.6) is 0 Å². The number of nitrogens with one attached hydrogen (secondary N) is 1. The minimum Gasteiger partial charge on any atom is -0.477 e. The first-order valence-electron chi connectivity index (χ1n) is 9.38. The number of anilines is 1. The van der Waals surface area contributed by atoms with Crippen molar-refractivity contribution in [3.63, 3.8) is 0 Å². The number of carboxylic acid groups (broad SMARTS) is 1. The smallest absolute Gasteiger partial charge is 0.341 e. The number of carbonyl (C=O) groups is 1. The third-order valence-electron chi connectivity index (χ3n) is 5.56. The first-order valence-corrected chi connectivity index (χ1v) is 9.38. The van der Waals surface area contributed by atoms with Crippen molar-refractivity contribution < 1.29 is 19.0 Å². The molecule has 0 amide bonds. The monoisotopic (exact) mass is 395 g/mol. The molecule has 7 nitrogen and oxygen atoms in total. The number of aromatic carboxylic acids is 1. The lowest BCUT2D eigenvalue weighted by molar-refractivity contribution is 0.0695. The van der Waals surface area contributed by atoms with Gasteiger partial charge in [-0.15, -0.1) is 0 Å². The van der Waals surface area contributed by atoms with E-state index in [0.29, 0.717) is 28.0 Å². The second-order valence-electron chi connectivity index (χ2n) is 7.39. The van der Waals surface area contributed by atoms with E-state index in [0.717, 1.165) is 24.5 Å². The van der Waals surface area contributed by atoms with Gasteiger partial charge < -0.3 is 19.7 Å². The lowest BCUT2D eigenvalue weighted by Gasteiger charge is -2.18. The Kier molecular flexibility index (Phi) is 3.92. The number of hydrogen-bond acceptors (Lipinski definition) is 5. The summed E-state index contributed by atoms with van der Waals surface area (Å²) in [7, 11) is 1.75. The molecule has 0 saturated heterocycles. The topological polar surface area (TPSA) is 93.5 Å². The van der Waals surface area contributed by atoms with Gasteiger partial charge in [-0.1, -0.05) is 0 Å². The fourth-order valence-corrected chi connectivity index (χ4v) is 4.03. The number of halogens is 1. The molecule has 0 radical (unpaired) electrons. The van der Waals surface area contributed by atoms with Crippen molar-refractivity contribution in [1.82, 2.24) is 9.55 Å². The van der Waals surface area contributed by atoms with Crippen LogP contribution >= 0.6 is 0 Å². The number of rotatable bonds is 3. The van der Waals surface area contributed by atoms with E-state index >= 15 is 4.39 Å². The summed E-state index contributed by atoms with van der Waals surface area (Å²) < 4.78 is 22.9. The second-order valence-corrected chi connectivity index (χ2v) is 7.39. The van der Waals surface area contributed by atoms with Crippen LogP contribution in [-0.2, 0) is 18.0 Å². The zero-order valence-corrected chi connectivity index (χ0v) is 15.7. The number of carboxylic acids is 1. The highest BCUT2D eigenvalue weighted by Crippen LogP contribution is 2.42. The number of ether oxygens (including phenoxy) is 1. The molecule has 3 heterocycles. The van der Waals surface area contributed by atoms with E-state index in [1.54, 1.807) is 13.2 Å². The first kappa shape index (κ1) is 17.8. The van der Waals surface area contributed by atoms with E-state index in [2.05, 4.69) is 10.3 Å². The van der Waals surface area contributed by atoms with Crippen LogP contribution in [0.25, 0.3) is 22.0 Å². The lowest BCUT2D eigenvalue weighted by Crippen LogP contribution is -2.20. The molecule has 1 aromatic carbocycles. The molecule has 2 N–H and O–H groups in total. The van der Waals surface area contributed by atoms with Gasteiger partial charge in [-0.2, -0.15) is 0 Å². The average molecular weight is 395 g/mol. The van der Waals surface area contributed by atoms with Gasteiger partial charge in [0.2, 0.25) is 5.43 Å². The van der Waals surface area contributed by atoms with Crippen LogP contribution in [0, 0.1) is 5.82 Å². The maximum atomic E-state index is 15.3. The van der Waals surface area contributed by atoms with Gasteiger partial charge in [0.1, 0.15) is 17.2 Å². The normalized spacial score (nSPS) is 15.5. The fraction of sp³-hybridized carbons (Fsp3) is 0.286. The van der Waals surface area contributed by atoms with Crippen LogP contribution in [0.3, 0.4) is 0 Å². The predicted octanol–water partition coefficient (Wildman–Crippen LogP) is 3.31. The van der Waals surface area contributed by atoms with Crippen molar-refractivity contribution in [2.75, 3.05) is 12.4 Å². The maximum absolute atomic E-state index is 15.3. The Morgan fingerprint density at radius 2 is 2.14 bits per heavy atom. The van der Waals surface area contributed by atoms with E-state index in [1.165, 1.54) is 6.20 Å². The van der Waals surface area contributed by atoms with Crippen LogP contribution in [0.15, 0.2) is 29.3 Å². The molecule has 1 fully saturated rings. The molecule has 1 saturated carbocycles. The summed E-state index contributed by atoms with van der Waals surface area (Å²) in [5.74, 6) is -1.25. The van der Waals surface area contributed by atoms with E-state index < -0.39 is 17.2 Å². The second kappa shape index (κ2) is 6.38. The van der Waals surface area contributed by atoms with Gasteiger partial charge >= 0.3 is 5.97 Å². The van der Waals surface area contributed by atoms with E-state index in [-0.39, 0.29) is 30.2 Å². The zero-order valence-electron chi connectivity index (χ0n) is 15.7. The molecule has 1 aliphatic heterocycles. The molecule has 2 aliphatic rings. The van der Waals surface area contributed by atoms with Crippen molar-refractivity contribution in [3.8, 4) is 11.1 Å². The lowest BCUT2D eigenvalue weighted by atomic mass is 9.94. The molecule has 148 valence electrons. The Morgan fingerprint density at radius 3 is 2.83 bits per heavy atom. The molecule has 29 heavy (non-hydrogen) atoms. The van der Waals surface area contributed by atoms with Crippen LogP contribution in [0.4, 0.5) is 10.2 Å². The van der Waals surface area contributed by atoms with Gasteiger partial charge in [-0.05, 0) is 30.5 Å². The third kappa shape index (κ3) is 2.71. The summed E-state index contributed by atoms with van der Waals surface area (Å²) in [6.07, 6.45) is 4.76. The molecular weight excluding hydrogens is 377 g/mol. The van der Waals surface area contributed by atoms with Crippen LogP contribution < -0.4 is 10.7 Å². The van der Waals surface area contributed by atoms with Gasteiger partial charge in [0, 0.05) is 47.6 Å². The van der Waals surface area contributed by atoms with Gasteiger partial charge in [0.15, 0.2) is 0 Å². The van der Waals surface area contributed by atoms with Gasteiger partial charge in [-0.3, -0.25) is 4.79 Å². The van der Waals surface area contributed by atoms with Gasteiger partial charge in [0.25, 0.3) is 0 Å². The summed E-state index contributed by atoms with van der Waals surface area (Å²) in [5.41, 5.74) is 1.84. The Hall–Kier alpha value is -3.26. The summed E-state index contributed by atoms with van der Waals surface area (Å²) in [6, 6.07) is 3.07. The van der Waals surface area contributed by atoms with Gasteiger partial charge in [-0.25, -0.2) is 14.2 Å². The highest BCUT2D eigenvalue weighted by Gasteiger charge is 2.31. The molecule has 0 bridgehead atoms. The van der Waals surface area contributed by atoms with Crippen LogP contribution in [-0.4, -0.2) is 27.7 Å². The fourth-order valence-electron chi connectivity index (χ4n) is 4.03. The molecule has 0 spiro atoms. The van der Waals surface area contributed by atoms with Crippen molar-refractivity contribution in [1.29, 1.82) is 0 Å². The number of benzene rings is 1. The van der Waals surface area contributed by atoms with Gasteiger partial charge in [0.05, 0.1) is 18.7 Å². The Morgan fingerprint density at radius 1 is 1.34 bits per heavy atom. The summed E-state index contributed by atoms with van der Waals surface area (Å²) >= 11 is 0. The Bertz CT molecular complexity index is 1250. The molecule has 3 aromatic rings. The Labute approximate surface area is 164 Å². The number of fused-ring (bicyclic) bond motifs is 5. The van der Waals surface area contributed by atoms with E-state index in [4.69, 9.17) is 4.74 Å². The molecular formula is C21H18FN3O4. The van der Waals surface area contributed by atoms with E-state index in [9.17, 15) is 14.7 Å². The first-order chi connectivity index (χ1) is 14.0. The summed E-state index contributed by atoms with van der Waals surface area (Å²) in [5, 5.41) is 12.5. The number of aromatic nitrogens is 2. The standard InChI is InChI=1S/C21H18FN3O4/c1-23-17-4-10-8-29-9-15-18(13(10)6-24-17)16(22)5-12-19(15)25(11-2-3-11)7-14(20(12)26)21(27)28/h4-7,11H,2-3,8-9H2,1H3,(H,23,24)(H,27,28). The number of hydrogen-bond donors (Lipinski definition) is 2. The predicted molar refractivity (Wildman–Crippen MR) is 105 cm³/mol. The highest BCUT2D eigenvalue weighted by atomic mass is 19.1. The quantitative estimate of drug-likeness (QED) is 0.707. The molecule has 0 atom stereocenters. The van der Waals surface area contributed by atoms with Crippen molar-refractivity contribution in [2.24, 2.45) is 0 Å².